The van der Waals surface area contributed by atoms with Crippen LogP contribution >= 0.6 is 0 Å². The molecule has 0 amide bonds. The second kappa shape index (κ2) is 13.7. The van der Waals surface area contributed by atoms with Crippen LogP contribution in [0.5, 0.6) is 0 Å². The Morgan fingerprint density at radius 3 is 2.69 bits per heavy atom. The molecule has 0 bridgehead atoms. The molecule has 4 rings (SSSR count). The number of nitrogens with zero attached hydrogens (tertiary/aromatic N) is 3. The molecule has 3 heterocycles. The van der Waals surface area contributed by atoms with E-state index in [1.54, 1.807) is 24.4 Å². The van der Waals surface area contributed by atoms with Crippen molar-refractivity contribution in [2.24, 2.45) is 11.8 Å². The zero-order valence-corrected chi connectivity index (χ0v) is 22.7. The maximum Gasteiger partial charge on any atom is 0.160 e. The quantitative estimate of drug-likeness (QED) is 0.150. The Morgan fingerprint density at radius 1 is 1.08 bits per heavy atom. The van der Waals surface area contributed by atoms with Crippen LogP contribution in [0.15, 0.2) is 98.0 Å². The Hall–Kier alpha value is -3.96. The molecule has 2 atom stereocenters. The normalized spacial score (nSPS) is 13.6. The van der Waals surface area contributed by atoms with E-state index in [1.165, 1.54) is 6.07 Å². The molecular formula is C34H36FN3O. The molecule has 0 aliphatic rings. The summed E-state index contributed by atoms with van der Waals surface area (Å²) in [6.45, 7) is 8.68. The summed E-state index contributed by atoms with van der Waals surface area (Å²) in [5, 5.41) is 9.98. The molecule has 1 unspecified atom stereocenters. The monoisotopic (exact) mass is 521 g/mol. The number of benzene rings is 1. The maximum atomic E-state index is 14.7. The largest absolute Gasteiger partial charge is 0.392 e. The molecule has 0 fully saturated rings. The lowest BCUT2D eigenvalue weighted by Gasteiger charge is -2.21. The van der Waals surface area contributed by atoms with Gasteiger partial charge in [0.1, 0.15) is 5.82 Å². The third-order valence-corrected chi connectivity index (χ3v) is 7.40. The van der Waals surface area contributed by atoms with Crippen molar-refractivity contribution in [3.05, 3.63) is 109 Å². The highest BCUT2D eigenvalue weighted by Crippen LogP contribution is 2.33. The summed E-state index contributed by atoms with van der Waals surface area (Å²) in [4.78, 5) is 13.7. The number of halogens is 1. The first-order valence-electron chi connectivity index (χ1n) is 13.6. The number of pyridine rings is 3. The lowest BCUT2D eigenvalue weighted by molar-refractivity contribution is 0.326. The van der Waals surface area contributed by atoms with Crippen molar-refractivity contribution in [2.45, 2.75) is 39.5 Å². The van der Waals surface area contributed by atoms with Gasteiger partial charge in [0.15, 0.2) is 5.65 Å². The summed E-state index contributed by atoms with van der Waals surface area (Å²) in [5.41, 5.74) is 5.34. The van der Waals surface area contributed by atoms with Gasteiger partial charge >= 0.3 is 0 Å². The molecule has 0 radical (unpaired) electrons. The molecular weight excluding hydrogens is 485 g/mol. The Balaban J connectivity index is 1.67. The lowest BCUT2D eigenvalue weighted by Crippen LogP contribution is -2.10. The fourth-order valence-electron chi connectivity index (χ4n) is 4.93. The first-order chi connectivity index (χ1) is 19.0. The van der Waals surface area contributed by atoms with E-state index >= 15 is 0 Å². The molecule has 4 aromatic rings. The summed E-state index contributed by atoms with van der Waals surface area (Å²) < 4.78 is 14.7. The van der Waals surface area contributed by atoms with Crippen molar-refractivity contribution >= 4 is 16.6 Å². The first kappa shape index (κ1) is 28.1. The standard InChI is InChI=1S/C34H36FN3O/c1-4-24(3)26(12-8-9-19-39)14-10-13-25(5-2)27-20-28(23-36-22-27)31-21-33(30-15-6-7-17-32(30)35)38-34-29(31)16-11-18-37-34/h5-9,11,13,15-18,20-24,26,39H,2,4,10,12,14,19H2,1,3H3/b9-8+,25-13+/t24?,26-/m1/s1. The minimum absolute atomic E-state index is 0.0850. The lowest BCUT2D eigenvalue weighted by atomic mass is 9.85. The maximum absolute atomic E-state index is 14.7. The van der Waals surface area contributed by atoms with Crippen molar-refractivity contribution in [3.8, 4) is 22.4 Å². The van der Waals surface area contributed by atoms with Gasteiger partial charge in [-0.25, -0.2) is 14.4 Å². The van der Waals surface area contributed by atoms with Crippen LogP contribution in [0.4, 0.5) is 4.39 Å². The van der Waals surface area contributed by atoms with E-state index in [2.05, 4.69) is 53.6 Å². The van der Waals surface area contributed by atoms with Crippen molar-refractivity contribution < 1.29 is 9.50 Å². The number of fused-ring (bicyclic) bond motifs is 1. The fraction of sp³-hybridized carbons (Fsp3) is 0.265. The number of aliphatic hydroxyl groups excluding tert-OH is 1. The van der Waals surface area contributed by atoms with Gasteiger partial charge in [0, 0.05) is 40.7 Å². The minimum Gasteiger partial charge on any atom is -0.392 e. The Labute approximate surface area is 230 Å². The minimum atomic E-state index is -0.322. The van der Waals surface area contributed by atoms with Gasteiger partial charge in [0.25, 0.3) is 0 Å². The first-order valence-corrected chi connectivity index (χ1v) is 13.6. The second-order valence-electron chi connectivity index (χ2n) is 9.85. The van der Waals surface area contributed by atoms with E-state index in [0.717, 1.165) is 53.3 Å². The predicted molar refractivity (Wildman–Crippen MR) is 159 cm³/mol. The van der Waals surface area contributed by atoms with Crippen LogP contribution in [0.1, 0.15) is 45.1 Å². The molecule has 4 nitrogen and oxygen atoms in total. The molecule has 200 valence electrons. The molecule has 0 aliphatic heterocycles. The van der Waals surface area contributed by atoms with Gasteiger partial charge in [0.2, 0.25) is 0 Å². The number of allylic oxidation sites excluding steroid dienone is 4. The van der Waals surface area contributed by atoms with Crippen LogP contribution in [0.25, 0.3) is 39.0 Å². The topological polar surface area (TPSA) is 58.9 Å². The molecule has 3 aromatic heterocycles. The van der Waals surface area contributed by atoms with Crippen LogP contribution in [-0.2, 0) is 0 Å². The van der Waals surface area contributed by atoms with Crippen LogP contribution in [0.2, 0.25) is 0 Å². The summed E-state index contributed by atoms with van der Waals surface area (Å²) in [6, 6.07) is 14.5. The van der Waals surface area contributed by atoms with Crippen molar-refractivity contribution in [2.75, 3.05) is 6.61 Å². The third-order valence-electron chi connectivity index (χ3n) is 7.40. The molecule has 0 saturated heterocycles. The van der Waals surface area contributed by atoms with Gasteiger partial charge < -0.3 is 5.11 Å². The second-order valence-corrected chi connectivity index (χ2v) is 9.85. The van der Waals surface area contributed by atoms with Crippen LogP contribution in [0.3, 0.4) is 0 Å². The zero-order chi connectivity index (χ0) is 27.6. The van der Waals surface area contributed by atoms with E-state index in [-0.39, 0.29) is 12.4 Å². The van der Waals surface area contributed by atoms with E-state index in [1.807, 2.05) is 42.7 Å². The predicted octanol–water partition coefficient (Wildman–Crippen LogP) is 8.45. The Kier molecular flexibility index (Phi) is 9.87. The van der Waals surface area contributed by atoms with E-state index in [4.69, 9.17) is 5.11 Å². The number of aliphatic hydroxyl groups is 1. The number of hydrogen-bond acceptors (Lipinski definition) is 4. The molecule has 5 heteroatoms. The Morgan fingerprint density at radius 2 is 1.92 bits per heavy atom. The summed E-state index contributed by atoms with van der Waals surface area (Å²) in [5.74, 6) is 0.839. The SMILES string of the molecule is C=C/C(=C\CC[C@@H](C/C=C/CO)C(C)CC)c1cncc(-c2cc(-c3ccccc3F)nc3ncccc23)c1. The van der Waals surface area contributed by atoms with E-state index < -0.39 is 0 Å². The molecule has 0 spiro atoms. The van der Waals surface area contributed by atoms with Crippen LogP contribution < -0.4 is 0 Å². The Bertz CT molecular complexity index is 1480. The number of aromatic nitrogens is 3. The number of rotatable bonds is 12. The van der Waals surface area contributed by atoms with E-state index in [0.29, 0.717) is 28.7 Å². The van der Waals surface area contributed by atoms with Crippen LogP contribution in [-0.4, -0.2) is 26.7 Å². The highest BCUT2D eigenvalue weighted by molar-refractivity contribution is 5.95. The van der Waals surface area contributed by atoms with E-state index in [9.17, 15) is 4.39 Å². The highest BCUT2D eigenvalue weighted by atomic mass is 19.1. The molecule has 1 aromatic carbocycles. The summed E-state index contributed by atoms with van der Waals surface area (Å²) >= 11 is 0. The van der Waals surface area contributed by atoms with Gasteiger partial charge in [-0.1, -0.05) is 63.3 Å². The van der Waals surface area contributed by atoms with Crippen molar-refractivity contribution in [3.63, 3.8) is 0 Å². The average molecular weight is 522 g/mol. The van der Waals surface area contributed by atoms with Gasteiger partial charge in [-0.2, -0.15) is 0 Å². The van der Waals surface area contributed by atoms with Gasteiger partial charge in [-0.3, -0.25) is 4.98 Å². The summed E-state index contributed by atoms with van der Waals surface area (Å²) in [6.07, 6.45) is 17.5. The van der Waals surface area contributed by atoms with Crippen LogP contribution in [0, 0.1) is 17.7 Å². The van der Waals surface area contributed by atoms with Gasteiger partial charge in [-0.15, -0.1) is 0 Å². The smallest absolute Gasteiger partial charge is 0.160 e. The van der Waals surface area contributed by atoms with Gasteiger partial charge in [0.05, 0.1) is 12.3 Å². The van der Waals surface area contributed by atoms with Crippen molar-refractivity contribution in [1.29, 1.82) is 0 Å². The number of hydrogen-bond donors (Lipinski definition) is 1. The zero-order valence-electron chi connectivity index (χ0n) is 22.7. The molecule has 0 saturated carbocycles. The summed E-state index contributed by atoms with van der Waals surface area (Å²) in [7, 11) is 0. The van der Waals surface area contributed by atoms with Gasteiger partial charge in [-0.05, 0) is 78.6 Å². The average Bonchev–Trinajstić information content (AvgIpc) is 2.98. The fourth-order valence-corrected chi connectivity index (χ4v) is 4.93. The molecule has 1 N–H and O–H groups in total. The molecule has 39 heavy (non-hydrogen) atoms. The molecule has 0 aliphatic carbocycles. The third kappa shape index (κ3) is 6.92. The highest BCUT2D eigenvalue weighted by Gasteiger charge is 2.15. The van der Waals surface area contributed by atoms with Crippen molar-refractivity contribution in [1.82, 2.24) is 15.0 Å².